The van der Waals surface area contributed by atoms with Crippen molar-refractivity contribution in [2.45, 2.75) is 19.6 Å². The number of fused-ring (bicyclic) bond motifs is 1. The first-order chi connectivity index (χ1) is 14.1. The SMILES string of the molecule is C[C@@H](Oc1ccc2ccc(=O)oc2c1)C(=O)N1CC[NH+](Cc2ccccc2)CC1. The van der Waals surface area contributed by atoms with Crippen LogP contribution >= 0.6 is 0 Å². The van der Waals surface area contributed by atoms with Crippen molar-refractivity contribution in [1.82, 2.24) is 4.90 Å². The van der Waals surface area contributed by atoms with Gasteiger partial charge in [-0.2, -0.15) is 0 Å². The Morgan fingerprint density at radius 2 is 1.83 bits per heavy atom. The van der Waals surface area contributed by atoms with Crippen LogP contribution in [-0.2, 0) is 11.3 Å². The zero-order valence-electron chi connectivity index (χ0n) is 16.5. The number of rotatable bonds is 5. The second-order valence-electron chi connectivity index (χ2n) is 7.45. The molecule has 29 heavy (non-hydrogen) atoms. The van der Waals surface area contributed by atoms with Gasteiger partial charge in [-0.3, -0.25) is 4.79 Å². The number of nitrogens with zero attached hydrogens (tertiary/aromatic N) is 1. The van der Waals surface area contributed by atoms with E-state index in [1.54, 1.807) is 25.1 Å². The molecule has 6 nitrogen and oxygen atoms in total. The Bertz CT molecular complexity index is 1040. The third kappa shape index (κ3) is 4.66. The van der Waals surface area contributed by atoms with Crippen molar-refractivity contribution in [2.75, 3.05) is 26.2 Å². The number of carbonyl (C=O) groups is 1. The Hall–Kier alpha value is -3.12. The number of carbonyl (C=O) groups excluding carboxylic acids is 1. The molecule has 1 atom stereocenters. The zero-order chi connectivity index (χ0) is 20.2. The maximum Gasteiger partial charge on any atom is 0.336 e. The summed E-state index contributed by atoms with van der Waals surface area (Å²) >= 11 is 0. The van der Waals surface area contributed by atoms with Gasteiger partial charge in [-0.05, 0) is 25.1 Å². The molecule has 0 spiro atoms. The Morgan fingerprint density at radius 3 is 2.59 bits per heavy atom. The first-order valence-corrected chi connectivity index (χ1v) is 9.95. The number of hydrogen-bond donors (Lipinski definition) is 1. The highest BCUT2D eigenvalue weighted by Crippen LogP contribution is 2.20. The average Bonchev–Trinajstić information content (AvgIpc) is 2.74. The van der Waals surface area contributed by atoms with E-state index in [-0.39, 0.29) is 5.91 Å². The molecule has 0 aliphatic carbocycles. The Labute approximate surface area is 169 Å². The second kappa shape index (κ2) is 8.49. The van der Waals surface area contributed by atoms with Gasteiger partial charge in [0.2, 0.25) is 0 Å². The van der Waals surface area contributed by atoms with E-state index in [2.05, 4.69) is 24.3 Å². The lowest BCUT2D eigenvalue weighted by molar-refractivity contribution is -0.917. The zero-order valence-corrected chi connectivity index (χ0v) is 16.5. The summed E-state index contributed by atoms with van der Waals surface area (Å²) in [5, 5.41) is 0.813. The molecular weight excluding hydrogens is 368 g/mol. The van der Waals surface area contributed by atoms with Crippen molar-refractivity contribution in [1.29, 1.82) is 0 Å². The molecule has 1 aliphatic heterocycles. The molecule has 0 unspecified atom stereocenters. The van der Waals surface area contributed by atoms with Crippen LogP contribution in [0.15, 0.2) is 69.9 Å². The summed E-state index contributed by atoms with van der Waals surface area (Å²) < 4.78 is 11.0. The minimum Gasteiger partial charge on any atom is -0.481 e. The maximum atomic E-state index is 12.8. The van der Waals surface area contributed by atoms with Crippen LogP contribution < -0.4 is 15.3 Å². The van der Waals surface area contributed by atoms with Gasteiger partial charge in [0, 0.05) is 23.1 Å². The molecule has 1 aromatic heterocycles. The van der Waals surface area contributed by atoms with Crippen LogP contribution in [0.2, 0.25) is 0 Å². The van der Waals surface area contributed by atoms with Crippen LogP contribution in [0.25, 0.3) is 11.0 Å². The van der Waals surface area contributed by atoms with E-state index in [4.69, 9.17) is 9.15 Å². The number of amides is 1. The quantitative estimate of drug-likeness (QED) is 0.667. The van der Waals surface area contributed by atoms with E-state index >= 15 is 0 Å². The summed E-state index contributed by atoms with van der Waals surface area (Å²) in [5.41, 5.74) is 1.37. The van der Waals surface area contributed by atoms with Crippen LogP contribution in [-0.4, -0.2) is 43.1 Å². The highest BCUT2D eigenvalue weighted by molar-refractivity contribution is 5.81. The third-order valence-electron chi connectivity index (χ3n) is 5.33. The molecule has 1 saturated heterocycles. The smallest absolute Gasteiger partial charge is 0.336 e. The first-order valence-electron chi connectivity index (χ1n) is 9.95. The summed E-state index contributed by atoms with van der Waals surface area (Å²) in [5.74, 6) is 0.499. The van der Waals surface area contributed by atoms with Gasteiger partial charge < -0.3 is 19.0 Å². The minimum atomic E-state index is -0.599. The van der Waals surface area contributed by atoms with E-state index in [1.807, 2.05) is 17.0 Å². The monoisotopic (exact) mass is 393 g/mol. The summed E-state index contributed by atoms with van der Waals surface area (Å²) in [6.45, 7) is 6.04. The van der Waals surface area contributed by atoms with Gasteiger partial charge in [0.25, 0.3) is 5.91 Å². The highest BCUT2D eigenvalue weighted by atomic mass is 16.5. The van der Waals surface area contributed by atoms with E-state index in [0.717, 1.165) is 38.1 Å². The number of hydrogen-bond acceptors (Lipinski definition) is 4. The van der Waals surface area contributed by atoms with Gasteiger partial charge in [0.15, 0.2) is 6.10 Å². The predicted octanol–water partition coefficient (Wildman–Crippen LogP) is 1.49. The molecule has 1 aliphatic rings. The normalized spacial score (nSPS) is 16.0. The minimum absolute atomic E-state index is 0.0154. The van der Waals surface area contributed by atoms with Gasteiger partial charge in [-0.25, -0.2) is 4.79 Å². The van der Waals surface area contributed by atoms with Crippen molar-refractivity contribution in [3.8, 4) is 5.75 Å². The standard InChI is InChI=1S/C23H24N2O4/c1-17(28-20-9-7-19-8-10-22(26)29-21(19)15-20)23(27)25-13-11-24(12-14-25)16-18-5-3-2-4-6-18/h2-10,15,17H,11-14,16H2,1H3/p+1/t17-/m1/s1. The molecule has 1 N–H and O–H groups in total. The molecule has 0 saturated carbocycles. The average molecular weight is 393 g/mol. The van der Waals surface area contributed by atoms with Crippen molar-refractivity contribution in [3.05, 3.63) is 76.6 Å². The summed E-state index contributed by atoms with van der Waals surface area (Å²) in [7, 11) is 0. The van der Waals surface area contributed by atoms with Crippen molar-refractivity contribution >= 4 is 16.9 Å². The van der Waals surface area contributed by atoms with Gasteiger partial charge in [0.05, 0.1) is 26.2 Å². The fourth-order valence-electron chi connectivity index (χ4n) is 3.73. The van der Waals surface area contributed by atoms with E-state index in [1.165, 1.54) is 16.5 Å². The fourth-order valence-corrected chi connectivity index (χ4v) is 3.73. The lowest BCUT2D eigenvalue weighted by Gasteiger charge is -2.33. The summed E-state index contributed by atoms with van der Waals surface area (Å²) in [4.78, 5) is 27.6. The fraction of sp³-hybridized carbons (Fsp3) is 0.304. The van der Waals surface area contributed by atoms with Gasteiger partial charge >= 0.3 is 5.63 Å². The Kier molecular flexibility index (Phi) is 5.62. The number of quaternary nitrogens is 1. The van der Waals surface area contributed by atoms with Crippen LogP contribution in [0, 0.1) is 0 Å². The van der Waals surface area contributed by atoms with Gasteiger partial charge in [-0.1, -0.05) is 30.3 Å². The van der Waals surface area contributed by atoms with Gasteiger partial charge in [-0.15, -0.1) is 0 Å². The molecule has 1 fully saturated rings. The molecule has 4 rings (SSSR count). The van der Waals surface area contributed by atoms with Crippen LogP contribution in [0.4, 0.5) is 0 Å². The lowest BCUT2D eigenvalue weighted by atomic mass is 10.2. The highest BCUT2D eigenvalue weighted by Gasteiger charge is 2.28. The topological polar surface area (TPSA) is 64.2 Å². The summed E-state index contributed by atoms with van der Waals surface area (Å²) in [6, 6.07) is 18.8. The van der Waals surface area contributed by atoms with Crippen LogP contribution in [0.3, 0.4) is 0 Å². The second-order valence-corrected chi connectivity index (χ2v) is 7.45. The molecule has 0 bridgehead atoms. The largest absolute Gasteiger partial charge is 0.481 e. The number of nitrogens with one attached hydrogen (secondary N) is 1. The molecule has 1 amide bonds. The number of piperazine rings is 1. The van der Waals surface area contributed by atoms with Crippen LogP contribution in [0.5, 0.6) is 5.75 Å². The molecule has 0 radical (unpaired) electrons. The molecule has 3 aromatic rings. The van der Waals surface area contributed by atoms with E-state index < -0.39 is 11.7 Å². The molecular formula is C23H25N2O4+. The van der Waals surface area contributed by atoms with Crippen molar-refractivity contribution in [2.24, 2.45) is 0 Å². The van der Waals surface area contributed by atoms with Gasteiger partial charge in [0.1, 0.15) is 17.9 Å². The molecule has 2 heterocycles. The molecule has 150 valence electrons. The van der Waals surface area contributed by atoms with Crippen molar-refractivity contribution < 1.29 is 18.8 Å². The lowest BCUT2D eigenvalue weighted by Crippen LogP contribution is -3.13. The Balaban J connectivity index is 1.33. The number of benzene rings is 2. The van der Waals surface area contributed by atoms with Crippen LogP contribution in [0.1, 0.15) is 12.5 Å². The van der Waals surface area contributed by atoms with Crippen molar-refractivity contribution in [3.63, 3.8) is 0 Å². The number of ether oxygens (including phenoxy) is 1. The third-order valence-corrected chi connectivity index (χ3v) is 5.33. The molecule has 6 heteroatoms. The first kappa shape index (κ1) is 19.2. The predicted molar refractivity (Wildman–Crippen MR) is 110 cm³/mol. The van der Waals surface area contributed by atoms with E-state index in [0.29, 0.717) is 11.3 Å². The maximum absolute atomic E-state index is 12.8. The summed E-state index contributed by atoms with van der Waals surface area (Å²) in [6.07, 6.45) is -0.599. The molecule has 2 aromatic carbocycles. The van der Waals surface area contributed by atoms with E-state index in [9.17, 15) is 9.59 Å². The Morgan fingerprint density at radius 1 is 1.10 bits per heavy atom.